The van der Waals surface area contributed by atoms with Crippen molar-refractivity contribution in [3.05, 3.63) is 41.6 Å². The van der Waals surface area contributed by atoms with Gasteiger partial charge in [0.05, 0.1) is 24.5 Å². The number of benzene rings is 1. The van der Waals surface area contributed by atoms with Crippen LogP contribution in [0.2, 0.25) is 0 Å². The third-order valence-corrected chi connectivity index (χ3v) is 6.52. The number of hydrogen-bond donors (Lipinski definition) is 1. The minimum atomic E-state index is -0.237. The van der Waals surface area contributed by atoms with E-state index in [9.17, 15) is 9.59 Å². The fraction of sp³-hybridized carbons (Fsp3) is 0.593. The zero-order chi connectivity index (χ0) is 24.7. The first kappa shape index (κ1) is 25.9. The van der Waals surface area contributed by atoms with Gasteiger partial charge < -0.3 is 15.0 Å². The number of anilines is 1. The first-order valence-corrected chi connectivity index (χ1v) is 12.4. The Morgan fingerprint density at radius 1 is 1.18 bits per heavy atom. The molecule has 34 heavy (non-hydrogen) atoms. The lowest BCUT2D eigenvalue weighted by Gasteiger charge is -2.22. The molecule has 1 saturated carbocycles. The molecule has 1 aliphatic rings. The van der Waals surface area contributed by atoms with Gasteiger partial charge in [-0.1, -0.05) is 64.2 Å². The summed E-state index contributed by atoms with van der Waals surface area (Å²) in [4.78, 5) is 27.6. The quantitative estimate of drug-likeness (QED) is 0.540. The molecule has 3 rings (SSSR count). The largest absolute Gasteiger partial charge is 0.383 e. The fourth-order valence-corrected chi connectivity index (χ4v) is 4.35. The summed E-state index contributed by atoms with van der Waals surface area (Å²) in [6.45, 7) is 9.11. The smallest absolute Gasteiger partial charge is 0.245 e. The van der Waals surface area contributed by atoms with Crippen molar-refractivity contribution >= 4 is 17.6 Å². The summed E-state index contributed by atoms with van der Waals surface area (Å²) in [7, 11) is 1.61. The monoisotopic (exact) mass is 468 g/mol. The first-order chi connectivity index (χ1) is 16.2. The van der Waals surface area contributed by atoms with Gasteiger partial charge in [-0.3, -0.25) is 9.59 Å². The molecule has 1 N–H and O–H groups in total. The lowest BCUT2D eigenvalue weighted by Crippen LogP contribution is -2.40. The lowest BCUT2D eigenvalue weighted by molar-refractivity contribution is -0.135. The van der Waals surface area contributed by atoms with Crippen LogP contribution in [-0.2, 0) is 19.7 Å². The van der Waals surface area contributed by atoms with Gasteiger partial charge >= 0.3 is 0 Å². The summed E-state index contributed by atoms with van der Waals surface area (Å²) in [5, 5.41) is 7.78. The van der Waals surface area contributed by atoms with E-state index < -0.39 is 0 Å². The molecule has 7 heteroatoms. The van der Waals surface area contributed by atoms with E-state index in [1.165, 1.54) is 25.7 Å². The van der Waals surface area contributed by atoms with Crippen molar-refractivity contribution < 1.29 is 14.3 Å². The maximum atomic E-state index is 13.1. The molecular formula is C27H40N4O3. The van der Waals surface area contributed by atoms with Crippen LogP contribution in [0.4, 0.5) is 5.82 Å². The van der Waals surface area contributed by atoms with Gasteiger partial charge in [0.2, 0.25) is 11.8 Å². The van der Waals surface area contributed by atoms with E-state index in [2.05, 4.69) is 26.1 Å². The van der Waals surface area contributed by atoms with Crippen molar-refractivity contribution in [2.45, 2.75) is 71.6 Å². The predicted molar refractivity (Wildman–Crippen MR) is 135 cm³/mol. The zero-order valence-electron chi connectivity index (χ0n) is 21.4. The van der Waals surface area contributed by atoms with E-state index in [1.54, 1.807) is 16.7 Å². The summed E-state index contributed by atoms with van der Waals surface area (Å²) in [5.41, 5.74) is 2.74. The van der Waals surface area contributed by atoms with Crippen molar-refractivity contribution in [1.29, 1.82) is 0 Å². The molecule has 0 atom stereocenters. The third kappa shape index (κ3) is 7.16. The Kier molecular flexibility index (Phi) is 8.89. The Hall–Kier alpha value is -2.67. The molecule has 1 heterocycles. The molecule has 2 aromatic rings. The van der Waals surface area contributed by atoms with Crippen LogP contribution in [0.5, 0.6) is 0 Å². The molecular weight excluding hydrogens is 428 g/mol. The van der Waals surface area contributed by atoms with Gasteiger partial charge in [-0.25, -0.2) is 4.68 Å². The number of ether oxygens (including phenoxy) is 1. The molecule has 0 unspecified atom stereocenters. The highest BCUT2D eigenvalue weighted by molar-refractivity contribution is 5.94. The summed E-state index contributed by atoms with van der Waals surface area (Å²) in [5.74, 6) is 1.02. The Bertz CT molecular complexity index is 953. The molecule has 0 saturated heterocycles. The SMILES string of the molecule is COCCN(CC(=O)Nc1cc(C(C)(C)C)nn1-c1ccc(C)cc1)C(=O)CCC1CCCC1. The van der Waals surface area contributed by atoms with E-state index in [1.807, 2.05) is 37.3 Å². The molecule has 1 aromatic carbocycles. The number of nitrogens with zero attached hydrogens (tertiary/aromatic N) is 3. The second kappa shape index (κ2) is 11.6. The first-order valence-electron chi connectivity index (χ1n) is 12.4. The number of nitrogens with one attached hydrogen (secondary N) is 1. The van der Waals surface area contributed by atoms with Crippen LogP contribution in [0.15, 0.2) is 30.3 Å². The number of carbonyl (C=O) groups excluding carboxylic acids is 2. The fourth-order valence-electron chi connectivity index (χ4n) is 4.35. The van der Waals surface area contributed by atoms with Gasteiger partial charge in [0.15, 0.2) is 0 Å². The Morgan fingerprint density at radius 3 is 2.47 bits per heavy atom. The third-order valence-electron chi connectivity index (χ3n) is 6.52. The molecule has 1 aromatic heterocycles. The number of aromatic nitrogens is 2. The zero-order valence-corrected chi connectivity index (χ0v) is 21.4. The van der Waals surface area contributed by atoms with Crippen LogP contribution < -0.4 is 5.32 Å². The van der Waals surface area contributed by atoms with Gasteiger partial charge in [-0.2, -0.15) is 5.10 Å². The second-order valence-electron chi connectivity index (χ2n) is 10.5. The summed E-state index contributed by atoms with van der Waals surface area (Å²) in [6.07, 6.45) is 6.34. The van der Waals surface area contributed by atoms with Crippen molar-refractivity contribution in [1.82, 2.24) is 14.7 Å². The Labute approximate surface area is 203 Å². The minimum absolute atomic E-state index is 0.00319. The van der Waals surface area contributed by atoms with Gasteiger partial charge in [0.25, 0.3) is 0 Å². The van der Waals surface area contributed by atoms with Crippen LogP contribution in [-0.4, -0.2) is 53.3 Å². The Balaban J connectivity index is 1.73. The molecule has 2 amide bonds. The van der Waals surface area contributed by atoms with E-state index in [0.29, 0.717) is 31.3 Å². The predicted octanol–water partition coefficient (Wildman–Crippen LogP) is 4.86. The van der Waals surface area contributed by atoms with Crippen molar-refractivity contribution in [3.8, 4) is 5.69 Å². The summed E-state index contributed by atoms with van der Waals surface area (Å²) >= 11 is 0. The molecule has 1 aliphatic carbocycles. The highest BCUT2D eigenvalue weighted by Crippen LogP contribution is 2.29. The van der Waals surface area contributed by atoms with Crippen LogP contribution in [0.25, 0.3) is 5.69 Å². The highest BCUT2D eigenvalue weighted by Gasteiger charge is 2.24. The van der Waals surface area contributed by atoms with Crippen molar-refractivity contribution in [3.63, 3.8) is 0 Å². The molecule has 0 spiro atoms. The van der Waals surface area contributed by atoms with Gasteiger partial charge in [-0.05, 0) is 31.4 Å². The average Bonchev–Trinajstić information content (AvgIpc) is 3.45. The van der Waals surface area contributed by atoms with E-state index in [-0.39, 0.29) is 23.8 Å². The van der Waals surface area contributed by atoms with Crippen LogP contribution >= 0.6 is 0 Å². The Morgan fingerprint density at radius 2 is 1.85 bits per heavy atom. The highest BCUT2D eigenvalue weighted by atomic mass is 16.5. The molecule has 0 radical (unpaired) electrons. The number of methoxy groups -OCH3 is 1. The standard InChI is InChI=1S/C27H40N4O3/c1-20-10-13-22(14-11-20)31-24(18-23(29-31)27(2,3)4)28-25(32)19-30(16-17-34-5)26(33)15-12-21-8-6-7-9-21/h10-11,13-14,18,21H,6-9,12,15-17,19H2,1-5H3,(H,28,32). The number of rotatable bonds is 10. The van der Waals surface area contributed by atoms with Gasteiger partial charge in [0.1, 0.15) is 5.82 Å². The molecule has 7 nitrogen and oxygen atoms in total. The normalized spacial score (nSPS) is 14.4. The van der Waals surface area contributed by atoms with Crippen molar-refractivity contribution in [2.24, 2.45) is 5.92 Å². The van der Waals surface area contributed by atoms with Crippen LogP contribution in [0.1, 0.15) is 70.6 Å². The lowest BCUT2D eigenvalue weighted by atomic mass is 9.92. The van der Waals surface area contributed by atoms with E-state index in [0.717, 1.165) is 23.4 Å². The number of carbonyl (C=O) groups is 2. The number of hydrogen-bond acceptors (Lipinski definition) is 4. The maximum Gasteiger partial charge on any atom is 0.245 e. The molecule has 0 bridgehead atoms. The van der Waals surface area contributed by atoms with E-state index >= 15 is 0 Å². The molecule has 1 fully saturated rings. The number of amides is 2. The molecule has 186 valence electrons. The van der Waals surface area contributed by atoms with Crippen molar-refractivity contribution in [2.75, 3.05) is 32.1 Å². The topological polar surface area (TPSA) is 76.5 Å². The number of aryl methyl sites for hydroxylation is 1. The van der Waals surface area contributed by atoms with E-state index in [4.69, 9.17) is 9.84 Å². The summed E-state index contributed by atoms with van der Waals surface area (Å²) in [6, 6.07) is 9.94. The molecule has 0 aliphatic heterocycles. The summed E-state index contributed by atoms with van der Waals surface area (Å²) < 4.78 is 6.95. The second-order valence-corrected chi connectivity index (χ2v) is 10.5. The van der Waals surface area contributed by atoms with Gasteiger partial charge in [-0.15, -0.1) is 0 Å². The van der Waals surface area contributed by atoms with Gasteiger partial charge in [0, 0.05) is 31.6 Å². The van der Waals surface area contributed by atoms with Crippen LogP contribution in [0.3, 0.4) is 0 Å². The minimum Gasteiger partial charge on any atom is -0.383 e. The maximum absolute atomic E-state index is 13.1. The van der Waals surface area contributed by atoms with Crippen LogP contribution in [0, 0.1) is 12.8 Å². The average molecular weight is 469 g/mol.